The highest BCUT2D eigenvalue weighted by Crippen LogP contribution is 2.23. The number of hydrogen-bond donors (Lipinski definition) is 0. The molecular formula is C19H22FN3O3. The minimum absolute atomic E-state index is 0.0220. The van der Waals surface area contributed by atoms with Crippen LogP contribution in [0.25, 0.3) is 0 Å². The molecule has 2 heterocycles. The van der Waals surface area contributed by atoms with Crippen LogP contribution >= 0.6 is 0 Å². The van der Waals surface area contributed by atoms with Gasteiger partial charge in [0.15, 0.2) is 5.69 Å². The fourth-order valence-electron chi connectivity index (χ4n) is 2.80. The van der Waals surface area contributed by atoms with E-state index in [1.54, 1.807) is 23.1 Å². The SMILES string of the molecule is CC(C)(C)c1cc(C(=O)N2CCN(Cc3cccc(F)c3)C(=O)C2)no1. The van der Waals surface area contributed by atoms with Crippen molar-refractivity contribution in [2.24, 2.45) is 0 Å². The maximum Gasteiger partial charge on any atom is 0.276 e. The number of nitrogens with zero attached hydrogens (tertiary/aromatic N) is 3. The van der Waals surface area contributed by atoms with Crippen molar-refractivity contribution < 1.29 is 18.5 Å². The summed E-state index contributed by atoms with van der Waals surface area (Å²) >= 11 is 0. The van der Waals surface area contributed by atoms with Gasteiger partial charge in [0, 0.05) is 31.1 Å². The lowest BCUT2D eigenvalue weighted by molar-refractivity contribution is -0.135. The molecule has 0 spiro atoms. The Kier molecular flexibility index (Phi) is 4.80. The van der Waals surface area contributed by atoms with Gasteiger partial charge in [0.2, 0.25) is 5.91 Å². The molecule has 1 aromatic carbocycles. The van der Waals surface area contributed by atoms with E-state index in [0.29, 0.717) is 25.4 Å². The number of rotatable bonds is 3. The summed E-state index contributed by atoms with van der Waals surface area (Å²) in [5.74, 6) is -0.197. The van der Waals surface area contributed by atoms with E-state index in [0.717, 1.165) is 5.56 Å². The smallest absolute Gasteiger partial charge is 0.276 e. The van der Waals surface area contributed by atoms with Gasteiger partial charge in [-0.1, -0.05) is 38.1 Å². The van der Waals surface area contributed by atoms with E-state index in [2.05, 4.69) is 5.16 Å². The quantitative estimate of drug-likeness (QED) is 0.845. The molecule has 0 bridgehead atoms. The highest BCUT2D eigenvalue weighted by Gasteiger charge is 2.30. The summed E-state index contributed by atoms with van der Waals surface area (Å²) in [4.78, 5) is 28.1. The Morgan fingerprint density at radius 1 is 1.27 bits per heavy atom. The van der Waals surface area contributed by atoms with E-state index < -0.39 is 0 Å². The first-order valence-corrected chi connectivity index (χ1v) is 8.53. The molecule has 3 rings (SSSR count). The van der Waals surface area contributed by atoms with E-state index in [-0.39, 0.29) is 35.3 Å². The van der Waals surface area contributed by atoms with E-state index in [1.165, 1.54) is 17.0 Å². The van der Waals surface area contributed by atoms with Gasteiger partial charge in [-0.2, -0.15) is 0 Å². The number of benzene rings is 1. The minimum Gasteiger partial charge on any atom is -0.360 e. The normalized spacial score (nSPS) is 15.5. The largest absolute Gasteiger partial charge is 0.360 e. The van der Waals surface area contributed by atoms with Gasteiger partial charge >= 0.3 is 0 Å². The van der Waals surface area contributed by atoms with Crippen LogP contribution in [-0.2, 0) is 16.8 Å². The van der Waals surface area contributed by atoms with Gasteiger partial charge in [-0.25, -0.2) is 4.39 Å². The van der Waals surface area contributed by atoms with Crippen LogP contribution in [0.5, 0.6) is 0 Å². The summed E-state index contributed by atoms with van der Waals surface area (Å²) in [5, 5.41) is 3.85. The second kappa shape index (κ2) is 6.90. The monoisotopic (exact) mass is 359 g/mol. The third kappa shape index (κ3) is 3.92. The first kappa shape index (κ1) is 18.1. The summed E-state index contributed by atoms with van der Waals surface area (Å²) in [7, 11) is 0. The lowest BCUT2D eigenvalue weighted by Crippen LogP contribution is -2.51. The molecule has 2 amide bonds. The Labute approximate surface area is 151 Å². The van der Waals surface area contributed by atoms with E-state index in [9.17, 15) is 14.0 Å². The van der Waals surface area contributed by atoms with Gasteiger partial charge in [0.05, 0.1) is 0 Å². The zero-order valence-corrected chi connectivity index (χ0v) is 15.2. The first-order valence-electron chi connectivity index (χ1n) is 8.53. The van der Waals surface area contributed by atoms with Crippen molar-refractivity contribution in [1.29, 1.82) is 0 Å². The van der Waals surface area contributed by atoms with Crippen molar-refractivity contribution in [3.05, 3.63) is 53.2 Å². The van der Waals surface area contributed by atoms with Crippen molar-refractivity contribution >= 4 is 11.8 Å². The predicted molar refractivity (Wildman–Crippen MR) is 92.9 cm³/mol. The molecule has 0 atom stereocenters. The molecule has 1 saturated heterocycles. The molecule has 1 aliphatic heterocycles. The fourth-order valence-corrected chi connectivity index (χ4v) is 2.80. The molecule has 0 N–H and O–H groups in total. The van der Waals surface area contributed by atoms with Crippen molar-refractivity contribution in [2.75, 3.05) is 19.6 Å². The summed E-state index contributed by atoms with van der Waals surface area (Å²) in [6.45, 7) is 7.01. The minimum atomic E-state index is -0.329. The number of hydrogen-bond acceptors (Lipinski definition) is 4. The van der Waals surface area contributed by atoms with Gasteiger partial charge in [-0.05, 0) is 17.7 Å². The Morgan fingerprint density at radius 3 is 2.65 bits per heavy atom. The second-order valence-electron chi connectivity index (χ2n) is 7.50. The molecule has 6 nitrogen and oxygen atoms in total. The zero-order chi connectivity index (χ0) is 18.9. The number of carbonyl (C=O) groups is 2. The summed E-state index contributed by atoms with van der Waals surface area (Å²) < 4.78 is 18.5. The van der Waals surface area contributed by atoms with Gasteiger partial charge < -0.3 is 14.3 Å². The van der Waals surface area contributed by atoms with Gasteiger partial charge in [0.1, 0.15) is 18.1 Å². The van der Waals surface area contributed by atoms with E-state index >= 15 is 0 Å². The van der Waals surface area contributed by atoms with E-state index in [1.807, 2.05) is 20.8 Å². The van der Waals surface area contributed by atoms with Gasteiger partial charge in [-0.3, -0.25) is 9.59 Å². The first-order chi connectivity index (χ1) is 12.2. The molecule has 0 aliphatic carbocycles. The molecule has 1 aliphatic rings. The summed E-state index contributed by atoms with van der Waals surface area (Å²) in [5.41, 5.74) is 0.691. The van der Waals surface area contributed by atoms with Crippen LogP contribution in [0.2, 0.25) is 0 Å². The lowest BCUT2D eigenvalue weighted by atomic mass is 9.93. The highest BCUT2D eigenvalue weighted by atomic mass is 19.1. The Hall–Kier alpha value is -2.70. The number of amides is 2. The molecule has 0 saturated carbocycles. The van der Waals surface area contributed by atoms with Crippen LogP contribution in [0.1, 0.15) is 42.6 Å². The summed E-state index contributed by atoms with van der Waals surface area (Å²) in [6, 6.07) is 7.80. The number of aromatic nitrogens is 1. The Morgan fingerprint density at radius 2 is 2.04 bits per heavy atom. The maximum atomic E-state index is 13.3. The van der Waals surface area contributed by atoms with Crippen LogP contribution in [0.3, 0.4) is 0 Å². The number of piperazine rings is 1. The third-order valence-corrected chi connectivity index (χ3v) is 4.34. The standard InChI is InChI=1S/C19H22FN3O3/c1-19(2,3)16-10-15(21-26-16)18(25)23-8-7-22(17(24)12-23)11-13-5-4-6-14(20)9-13/h4-6,9-10H,7-8,11-12H2,1-3H3. The van der Waals surface area contributed by atoms with Gasteiger partial charge in [-0.15, -0.1) is 0 Å². The topological polar surface area (TPSA) is 66.7 Å². The van der Waals surface area contributed by atoms with Crippen molar-refractivity contribution in [2.45, 2.75) is 32.7 Å². The summed E-state index contributed by atoms with van der Waals surface area (Å²) in [6.07, 6.45) is 0. The average molecular weight is 359 g/mol. The maximum absolute atomic E-state index is 13.3. The molecule has 0 radical (unpaired) electrons. The lowest BCUT2D eigenvalue weighted by Gasteiger charge is -2.34. The molecular weight excluding hydrogens is 337 g/mol. The molecule has 0 unspecified atom stereocenters. The second-order valence-corrected chi connectivity index (χ2v) is 7.50. The molecule has 1 aromatic heterocycles. The van der Waals surface area contributed by atoms with Crippen molar-refractivity contribution in [1.82, 2.24) is 15.0 Å². The van der Waals surface area contributed by atoms with Crippen LogP contribution in [0.15, 0.2) is 34.9 Å². The van der Waals surface area contributed by atoms with Crippen LogP contribution in [0, 0.1) is 5.82 Å². The molecule has 26 heavy (non-hydrogen) atoms. The number of halogens is 1. The third-order valence-electron chi connectivity index (χ3n) is 4.34. The van der Waals surface area contributed by atoms with Crippen molar-refractivity contribution in [3.8, 4) is 0 Å². The zero-order valence-electron chi connectivity index (χ0n) is 15.2. The van der Waals surface area contributed by atoms with Crippen LogP contribution in [-0.4, -0.2) is 46.4 Å². The number of carbonyl (C=O) groups excluding carboxylic acids is 2. The average Bonchev–Trinajstić information content (AvgIpc) is 3.06. The molecule has 1 fully saturated rings. The van der Waals surface area contributed by atoms with Crippen molar-refractivity contribution in [3.63, 3.8) is 0 Å². The fraction of sp³-hybridized carbons (Fsp3) is 0.421. The predicted octanol–water partition coefficient (Wildman–Crippen LogP) is 2.60. The Balaban J connectivity index is 1.64. The van der Waals surface area contributed by atoms with Gasteiger partial charge in [0.25, 0.3) is 5.91 Å². The molecule has 7 heteroatoms. The molecule has 138 valence electrons. The van der Waals surface area contributed by atoms with Crippen LogP contribution in [0.4, 0.5) is 4.39 Å². The Bertz CT molecular complexity index is 825. The highest BCUT2D eigenvalue weighted by molar-refractivity contribution is 5.95. The molecule has 2 aromatic rings. The van der Waals surface area contributed by atoms with E-state index in [4.69, 9.17) is 4.52 Å². The van der Waals surface area contributed by atoms with Crippen LogP contribution < -0.4 is 0 Å².